The molecule has 0 aliphatic carbocycles. The number of rotatable bonds is 6. The monoisotopic (exact) mass is 273 g/mol. The third-order valence-corrected chi connectivity index (χ3v) is 2.94. The summed E-state index contributed by atoms with van der Waals surface area (Å²) in [7, 11) is 1.62. The van der Waals surface area contributed by atoms with Crippen molar-refractivity contribution in [2.45, 2.75) is 26.2 Å². The van der Waals surface area contributed by atoms with Crippen molar-refractivity contribution in [2.24, 2.45) is 0 Å². The molecule has 2 aromatic rings. The molecule has 0 fully saturated rings. The first-order valence-electron chi connectivity index (χ1n) is 6.68. The Morgan fingerprint density at radius 1 is 1.35 bits per heavy atom. The molecule has 0 atom stereocenters. The maximum Gasteiger partial charge on any atom is 0.229 e. The minimum atomic E-state index is -0.0790. The van der Waals surface area contributed by atoms with Crippen LogP contribution in [0.25, 0.3) is 0 Å². The van der Waals surface area contributed by atoms with Crippen molar-refractivity contribution in [1.29, 1.82) is 0 Å². The number of hydrogen-bond donors (Lipinski definition) is 2. The highest BCUT2D eigenvalue weighted by atomic mass is 16.5. The first-order chi connectivity index (χ1) is 9.71. The summed E-state index contributed by atoms with van der Waals surface area (Å²) in [5.74, 6) is 1.28. The fraction of sp³-hybridized carbons (Fsp3) is 0.333. The van der Waals surface area contributed by atoms with Gasteiger partial charge in [0.05, 0.1) is 13.5 Å². The summed E-state index contributed by atoms with van der Waals surface area (Å²) in [5, 5.41) is 9.76. The smallest absolute Gasteiger partial charge is 0.229 e. The molecule has 106 valence electrons. The normalized spacial score (nSPS) is 10.3. The van der Waals surface area contributed by atoms with Crippen molar-refractivity contribution in [2.75, 3.05) is 12.4 Å². The summed E-state index contributed by atoms with van der Waals surface area (Å²) < 4.78 is 5.08. The zero-order valence-electron chi connectivity index (χ0n) is 11.8. The van der Waals surface area contributed by atoms with Crippen LogP contribution in [-0.2, 0) is 17.6 Å². The van der Waals surface area contributed by atoms with Gasteiger partial charge in [-0.25, -0.2) is 0 Å². The second-order valence-electron chi connectivity index (χ2n) is 4.60. The van der Waals surface area contributed by atoms with Crippen LogP contribution < -0.4 is 10.1 Å². The Morgan fingerprint density at radius 2 is 2.10 bits per heavy atom. The SMILES string of the molecule is CCCc1cc(NC(=O)Cc2ccc(OC)cc2)n[nH]1. The molecule has 5 nitrogen and oxygen atoms in total. The summed E-state index contributed by atoms with van der Waals surface area (Å²) in [5.41, 5.74) is 1.97. The van der Waals surface area contributed by atoms with Gasteiger partial charge in [-0.2, -0.15) is 5.10 Å². The van der Waals surface area contributed by atoms with Crippen LogP contribution in [0.3, 0.4) is 0 Å². The van der Waals surface area contributed by atoms with Gasteiger partial charge in [-0.3, -0.25) is 9.89 Å². The van der Waals surface area contributed by atoms with Crippen LogP contribution in [0, 0.1) is 0 Å². The highest BCUT2D eigenvalue weighted by molar-refractivity contribution is 5.91. The highest BCUT2D eigenvalue weighted by Gasteiger charge is 2.07. The summed E-state index contributed by atoms with van der Waals surface area (Å²) in [6.07, 6.45) is 2.29. The molecule has 20 heavy (non-hydrogen) atoms. The molecule has 0 aliphatic rings. The number of H-pyrrole nitrogens is 1. The Balaban J connectivity index is 1.90. The van der Waals surface area contributed by atoms with E-state index in [0.717, 1.165) is 29.8 Å². The zero-order chi connectivity index (χ0) is 14.4. The fourth-order valence-corrected chi connectivity index (χ4v) is 1.94. The third-order valence-electron chi connectivity index (χ3n) is 2.94. The molecule has 1 aromatic heterocycles. The number of methoxy groups -OCH3 is 1. The molecule has 1 amide bonds. The maximum atomic E-state index is 11.9. The van der Waals surface area contributed by atoms with E-state index >= 15 is 0 Å². The van der Waals surface area contributed by atoms with E-state index in [2.05, 4.69) is 22.4 Å². The number of carbonyl (C=O) groups is 1. The number of carbonyl (C=O) groups excluding carboxylic acids is 1. The quantitative estimate of drug-likeness (QED) is 0.850. The van der Waals surface area contributed by atoms with Gasteiger partial charge in [-0.05, 0) is 24.1 Å². The lowest BCUT2D eigenvalue weighted by Crippen LogP contribution is -2.14. The van der Waals surface area contributed by atoms with Crippen LogP contribution in [0.15, 0.2) is 30.3 Å². The Hall–Kier alpha value is -2.30. The Labute approximate surface area is 118 Å². The van der Waals surface area contributed by atoms with Gasteiger partial charge >= 0.3 is 0 Å². The molecule has 5 heteroatoms. The Kier molecular flexibility index (Phi) is 4.76. The van der Waals surface area contributed by atoms with E-state index < -0.39 is 0 Å². The van der Waals surface area contributed by atoms with Gasteiger partial charge in [-0.15, -0.1) is 0 Å². The first kappa shape index (κ1) is 14.1. The lowest BCUT2D eigenvalue weighted by Gasteiger charge is -2.03. The second-order valence-corrected chi connectivity index (χ2v) is 4.60. The molecular weight excluding hydrogens is 254 g/mol. The van der Waals surface area contributed by atoms with E-state index in [-0.39, 0.29) is 5.91 Å². The second kappa shape index (κ2) is 6.75. The molecule has 0 radical (unpaired) electrons. The lowest BCUT2D eigenvalue weighted by molar-refractivity contribution is -0.115. The van der Waals surface area contributed by atoms with Crippen LogP contribution >= 0.6 is 0 Å². The molecule has 1 heterocycles. The Bertz CT molecular complexity index is 561. The number of aromatic nitrogens is 2. The topological polar surface area (TPSA) is 67.0 Å². The molecule has 0 aliphatic heterocycles. The largest absolute Gasteiger partial charge is 0.497 e. The van der Waals surface area contributed by atoms with Crippen LogP contribution in [0.2, 0.25) is 0 Å². The number of nitrogens with zero attached hydrogens (tertiary/aromatic N) is 1. The van der Waals surface area contributed by atoms with Crippen LogP contribution in [0.5, 0.6) is 5.75 Å². The Morgan fingerprint density at radius 3 is 2.75 bits per heavy atom. The predicted molar refractivity (Wildman–Crippen MR) is 77.9 cm³/mol. The van der Waals surface area contributed by atoms with Gasteiger partial charge < -0.3 is 10.1 Å². The minimum absolute atomic E-state index is 0.0790. The minimum Gasteiger partial charge on any atom is -0.497 e. The average Bonchev–Trinajstić information content (AvgIpc) is 2.87. The summed E-state index contributed by atoms with van der Waals surface area (Å²) in [6.45, 7) is 2.10. The summed E-state index contributed by atoms with van der Waals surface area (Å²) >= 11 is 0. The standard InChI is InChI=1S/C15H19N3O2/c1-3-4-12-10-14(18-17-12)16-15(19)9-11-5-7-13(20-2)8-6-11/h5-8,10H,3-4,9H2,1-2H3,(H2,16,17,18,19). The van der Waals surface area contributed by atoms with Crippen molar-refractivity contribution in [3.05, 3.63) is 41.6 Å². The third kappa shape index (κ3) is 3.85. The van der Waals surface area contributed by atoms with Crippen LogP contribution in [0.1, 0.15) is 24.6 Å². The lowest BCUT2D eigenvalue weighted by atomic mass is 10.1. The molecule has 0 saturated carbocycles. The molecule has 0 saturated heterocycles. The number of anilines is 1. The molecule has 0 spiro atoms. The van der Waals surface area contributed by atoms with E-state index in [1.807, 2.05) is 30.3 Å². The zero-order valence-corrected chi connectivity index (χ0v) is 11.8. The van der Waals surface area contributed by atoms with Crippen LogP contribution in [0.4, 0.5) is 5.82 Å². The molecule has 0 unspecified atom stereocenters. The predicted octanol–water partition coefficient (Wildman–Crippen LogP) is 2.55. The van der Waals surface area contributed by atoms with E-state index in [1.54, 1.807) is 7.11 Å². The van der Waals surface area contributed by atoms with E-state index in [1.165, 1.54) is 0 Å². The maximum absolute atomic E-state index is 11.9. The van der Waals surface area contributed by atoms with Crippen molar-refractivity contribution < 1.29 is 9.53 Å². The van der Waals surface area contributed by atoms with Gasteiger partial charge in [0.25, 0.3) is 0 Å². The van der Waals surface area contributed by atoms with Gasteiger partial charge in [-0.1, -0.05) is 25.5 Å². The molecule has 1 aromatic carbocycles. The van der Waals surface area contributed by atoms with Gasteiger partial charge in [0.15, 0.2) is 5.82 Å². The van der Waals surface area contributed by atoms with Gasteiger partial charge in [0.2, 0.25) is 5.91 Å². The molecule has 0 bridgehead atoms. The molecular formula is C15H19N3O2. The van der Waals surface area contributed by atoms with Gasteiger partial charge in [0, 0.05) is 11.8 Å². The number of ether oxygens (including phenoxy) is 1. The number of nitrogens with one attached hydrogen (secondary N) is 2. The average molecular weight is 273 g/mol. The van der Waals surface area contributed by atoms with E-state index in [4.69, 9.17) is 4.74 Å². The summed E-state index contributed by atoms with van der Waals surface area (Å²) in [4.78, 5) is 11.9. The molecule has 2 rings (SSSR count). The summed E-state index contributed by atoms with van der Waals surface area (Å²) in [6, 6.07) is 9.32. The van der Waals surface area contributed by atoms with Crippen molar-refractivity contribution in [3.63, 3.8) is 0 Å². The number of benzene rings is 1. The van der Waals surface area contributed by atoms with E-state index in [9.17, 15) is 4.79 Å². The van der Waals surface area contributed by atoms with Crippen molar-refractivity contribution in [1.82, 2.24) is 10.2 Å². The van der Waals surface area contributed by atoms with Gasteiger partial charge in [0.1, 0.15) is 5.75 Å². The van der Waals surface area contributed by atoms with E-state index in [0.29, 0.717) is 12.2 Å². The van der Waals surface area contributed by atoms with Crippen LogP contribution in [-0.4, -0.2) is 23.2 Å². The number of hydrogen-bond acceptors (Lipinski definition) is 3. The highest BCUT2D eigenvalue weighted by Crippen LogP contribution is 2.13. The fourth-order valence-electron chi connectivity index (χ4n) is 1.94. The number of aromatic amines is 1. The van der Waals surface area contributed by atoms with Crippen molar-refractivity contribution in [3.8, 4) is 5.75 Å². The van der Waals surface area contributed by atoms with Crippen molar-refractivity contribution >= 4 is 11.7 Å². The first-order valence-corrected chi connectivity index (χ1v) is 6.68. The number of amides is 1. The molecule has 2 N–H and O–H groups in total. The number of aryl methyl sites for hydroxylation is 1.